The lowest BCUT2D eigenvalue weighted by Gasteiger charge is -2.34. The predicted octanol–water partition coefficient (Wildman–Crippen LogP) is 4.17. The zero-order chi connectivity index (χ0) is 14.3. The van der Waals surface area contributed by atoms with Gasteiger partial charge in [-0.15, -0.1) is 23.7 Å². The number of halogens is 2. The molecular formula is C15H16Cl2N2OS. The first-order valence-electron chi connectivity index (χ1n) is 6.50. The second kappa shape index (κ2) is 6.26. The van der Waals surface area contributed by atoms with Crippen molar-refractivity contribution in [3.8, 4) is 0 Å². The van der Waals surface area contributed by atoms with E-state index >= 15 is 0 Å². The lowest BCUT2D eigenvalue weighted by Crippen LogP contribution is -2.38. The molecule has 1 aromatic carbocycles. The molecule has 1 aromatic heterocycles. The van der Waals surface area contributed by atoms with Gasteiger partial charge in [0.15, 0.2) is 0 Å². The van der Waals surface area contributed by atoms with E-state index in [-0.39, 0.29) is 24.4 Å². The Hall–Kier alpha value is -1.23. The molecule has 1 aliphatic heterocycles. The van der Waals surface area contributed by atoms with Gasteiger partial charge in [0, 0.05) is 17.1 Å². The Balaban J connectivity index is 0.00000161. The van der Waals surface area contributed by atoms with Crippen LogP contribution in [-0.4, -0.2) is 17.4 Å². The number of hydrogen-bond donors (Lipinski definition) is 1. The summed E-state index contributed by atoms with van der Waals surface area (Å²) in [6.45, 7) is 2.79. The molecule has 3 rings (SSSR count). The normalized spacial score (nSPS) is 17.0. The molecule has 0 bridgehead atoms. The van der Waals surface area contributed by atoms with Gasteiger partial charge in [0.05, 0.1) is 16.6 Å². The van der Waals surface area contributed by atoms with Crippen LogP contribution in [0, 0.1) is 0 Å². The number of nitrogens with zero attached hydrogens (tertiary/aromatic N) is 1. The van der Waals surface area contributed by atoms with Crippen LogP contribution in [0.2, 0.25) is 5.02 Å². The van der Waals surface area contributed by atoms with Gasteiger partial charge in [-0.25, -0.2) is 0 Å². The van der Waals surface area contributed by atoms with Crippen molar-refractivity contribution in [2.75, 3.05) is 12.3 Å². The van der Waals surface area contributed by atoms with Crippen molar-refractivity contribution < 1.29 is 4.79 Å². The number of fused-ring (bicyclic) bond motifs is 1. The molecule has 112 valence electrons. The number of thiophene rings is 1. The molecule has 1 unspecified atom stereocenters. The third kappa shape index (κ3) is 2.89. The number of carbonyl (C=O) groups excluding carboxylic acids is 1. The van der Waals surface area contributed by atoms with Gasteiger partial charge in [-0.3, -0.25) is 4.79 Å². The first-order chi connectivity index (χ1) is 9.58. The number of hydrogen-bond acceptors (Lipinski definition) is 3. The summed E-state index contributed by atoms with van der Waals surface area (Å²) in [5.41, 5.74) is 8.01. The summed E-state index contributed by atoms with van der Waals surface area (Å²) in [5.74, 6) is -0.0284. The summed E-state index contributed by atoms with van der Waals surface area (Å²) in [6.07, 6.45) is 0.912. The monoisotopic (exact) mass is 342 g/mol. The number of carbonyl (C=O) groups is 1. The fourth-order valence-electron chi connectivity index (χ4n) is 2.65. The van der Waals surface area contributed by atoms with Gasteiger partial charge in [-0.1, -0.05) is 11.6 Å². The average molecular weight is 343 g/mol. The summed E-state index contributed by atoms with van der Waals surface area (Å²) in [4.78, 5) is 15.9. The average Bonchev–Trinajstić information content (AvgIpc) is 2.87. The van der Waals surface area contributed by atoms with Crippen LogP contribution in [0.5, 0.6) is 0 Å². The topological polar surface area (TPSA) is 46.3 Å². The largest absolute Gasteiger partial charge is 0.399 e. The van der Waals surface area contributed by atoms with Gasteiger partial charge in [0.25, 0.3) is 5.91 Å². The molecule has 0 saturated carbocycles. The zero-order valence-electron chi connectivity index (χ0n) is 11.5. The fourth-order valence-corrected chi connectivity index (χ4v) is 3.88. The van der Waals surface area contributed by atoms with Crippen LogP contribution in [-0.2, 0) is 6.42 Å². The SMILES string of the molecule is CC1c2ccsc2CCN1C(=O)c1ccc(N)cc1Cl.Cl. The molecule has 1 amide bonds. The van der Waals surface area contributed by atoms with Crippen molar-refractivity contribution in [2.24, 2.45) is 0 Å². The Labute approximate surface area is 139 Å². The smallest absolute Gasteiger partial charge is 0.255 e. The molecule has 6 heteroatoms. The van der Waals surface area contributed by atoms with Crippen molar-refractivity contribution >= 4 is 46.9 Å². The highest BCUT2D eigenvalue weighted by Crippen LogP contribution is 2.34. The Bertz CT molecular complexity index is 671. The van der Waals surface area contributed by atoms with E-state index in [1.807, 2.05) is 4.90 Å². The summed E-state index contributed by atoms with van der Waals surface area (Å²) < 4.78 is 0. The van der Waals surface area contributed by atoms with Gasteiger partial charge in [0.1, 0.15) is 0 Å². The molecule has 1 aliphatic rings. The van der Waals surface area contributed by atoms with Crippen molar-refractivity contribution in [2.45, 2.75) is 19.4 Å². The Kier molecular flexibility index (Phi) is 4.81. The van der Waals surface area contributed by atoms with E-state index < -0.39 is 0 Å². The summed E-state index contributed by atoms with van der Waals surface area (Å²) in [7, 11) is 0. The summed E-state index contributed by atoms with van der Waals surface area (Å²) in [5, 5.41) is 2.50. The minimum atomic E-state index is -0.0284. The second-order valence-corrected chi connectivity index (χ2v) is 6.37. The molecule has 1 atom stereocenters. The van der Waals surface area contributed by atoms with Gasteiger partial charge in [-0.05, 0) is 48.6 Å². The van der Waals surface area contributed by atoms with Crippen LogP contribution in [0.25, 0.3) is 0 Å². The lowest BCUT2D eigenvalue weighted by atomic mass is 10.0. The number of nitrogens with two attached hydrogens (primary N) is 1. The van der Waals surface area contributed by atoms with E-state index in [0.717, 1.165) is 13.0 Å². The number of nitrogen functional groups attached to an aromatic ring is 1. The molecule has 0 saturated heterocycles. The number of rotatable bonds is 1. The molecule has 2 aromatic rings. The summed E-state index contributed by atoms with van der Waals surface area (Å²) >= 11 is 7.91. The highest BCUT2D eigenvalue weighted by molar-refractivity contribution is 7.10. The van der Waals surface area contributed by atoms with Crippen LogP contribution >= 0.6 is 35.3 Å². The van der Waals surface area contributed by atoms with Gasteiger partial charge in [-0.2, -0.15) is 0 Å². The molecule has 2 N–H and O–H groups in total. The zero-order valence-corrected chi connectivity index (χ0v) is 13.9. The predicted molar refractivity (Wildman–Crippen MR) is 90.6 cm³/mol. The maximum absolute atomic E-state index is 12.7. The standard InChI is InChI=1S/C15H15ClN2OS.ClH/c1-9-11-5-7-20-14(11)4-6-18(9)15(19)12-3-2-10(17)8-13(12)16;/h2-3,5,7-9H,4,6,17H2,1H3;1H. The highest BCUT2D eigenvalue weighted by Gasteiger charge is 2.29. The van der Waals surface area contributed by atoms with E-state index in [9.17, 15) is 4.79 Å². The Morgan fingerprint density at radius 3 is 2.90 bits per heavy atom. The van der Waals surface area contributed by atoms with Crippen molar-refractivity contribution in [1.82, 2.24) is 4.90 Å². The molecule has 0 aliphatic carbocycles. The maximum Gasteiger partial charge on any atom is 0.255 e. The van der Waals surface area contributed by atoms with Gasteiger partial charge < -0.3 is 10.6 Å². The molecular weight excluding hydrogens is 327 g/mol. The fraction of sp³-hybridized carbons (Fsp3) is 0.267. The molecule has 3 nitrogen and oxygen atoms in total. The van der Waals surface area contributed by atoms with E-state index in [4.69, 9.17) is 17.3 Å². The first kappa shape index (κ1) is 16.1. The maximum atomic E-state index is 12.7. The van der Waals surface area contributed by atoms with E-state index in [2.05, 4.69) is 18.4 Å². The van der Waals surface area contributed by atoms with E-state index in [0.29, 0.717) is 16.3 Å². The second-order valence-electron chi connectivity index (χ2n) is 4.96. The molecule has 21 heavy (non-hydrogen) atoms. The third-order valence-electron chi connectivity index (χ3n) is 3.76. The third-order valence-corrected chi connectivity index (χ3v) is 5.07. The summed E-state index contributed by atoms with van der Waals surface area (Å²) in [6, 6.07) is 7.24. The molecule has 0 spiro atoms. The van der Waals surface area contributed by atoms with Crippen LogP contribution in [0.3, 0.4) is 0 Å². The molecule has 0 radical (unpaired) electrons. The van der Waals surface area contributed by atoms with Crippen molar-refractivity contribution in [3.05, 3.63) is 50.7 Å². The minimum absolute atomic E-state index is 0. The number of anilines is 1. The Morgan fingerprint density at radius 2 is 2.19 bits per heavy atom. The van der Waals surface area contributed by atoms with Crippen LogP contribution in [0.4, 0.5) is 5.69 Å². The molecule has 0 fully saturated rings. The van der Waals surface area contributed by atoms with E-state index in [1.165, 1.54) is 10.4 Å². The van der Waals surface area contributed by atoms with Crippen LogP contribution < -0.4 is 5.73 Å². The van der Waals surface area contributed by atoms with Gasteiger partial charge >= 0.3 is 0 Å². The van der Waals surface area contributed by atoms with Crippen LogP contribution in [0.15, 0.2) is 29.6 Å². The van der Waals surface area contributed by atoms with Crippen LogP contribution in [0.1, 0.15) is 33.8 Å². The van der Waals surface area contributed by atoms with Crippen molar-refractivity contribution in [1.29, 1.82) is 0 Å². The number of benzene rings is 1. The number of amides is 1. The molecule has 2 heterocycles. The first-order valence-corrected chi connectivity index (χ1v) is 7.76. The quantitative estimate of drug-likeness (QED) is 0.790. The highest BCUT2D eigenvalue weighted by atomic mass is 35.5. The Morgan fingerprint density at radius 1 is 1.43 bits per heavy atom. The lowest BCUT2D eigenvalue weighted by molar-refractivity contribution is 0.0679. The van der Waals surface area contributed by atoms with E-state index in [1.54, 1.807) is 29.5 Å². The van der Waals surface area contributed by atoms with Gasteiger partial charge in [0.2, 0.25) is 0 Å². The minimum Gasteiger partial charge on any atom is -0.399 e. The van der Waals surface area contributed by atoms with Crippen molar-refractivity contribution in [3.63, 3.8) is 0 Å².